The Morgan fingerprint density at radius 2 is 2.11 bits per heavy atom. The van der Waals surface area contributed by atoms with Gasteiger partial charge in [-0.25, -0.2) is 9.97 Å². The van der Waals surface area contributed by atoms with E-state index in [-0.39, 0.29) is 6.01 Å². The van der Waals surface area contributed by atoms with Gasteiger partial charge in [0.05, 0.1) is 5.56 Å². The number of nitrogens with zero attached hydrogens (tertiary/aromatic N) is 5. The van der Waals surface area contributed by atoms with Crippen molar-refractivity contribution in [2.45, 2.75) is 26.7 Å². The lowest BCUT2D eigenvalue weighted by atomic mass is 10.2. The number of aromatic nitrogens is 5. The fourth-order valence-electron chi connectivity index (χ4n) is 1.65. The van der Waals surface area contributed by atoms with Gasteiger partial charge in [0.1, 0.15) is 18.5 Å². The van der Waals surface area contributed by atoms with Crippen LogP contribution in [-0.2, 0) is 13.5 Å². The molecule has 0 atom stereocenters. The number of hydrogen-bond donors (Lipinski definition) is 1. The Bertz CT molecular complexity index is 539. The number of hydrogen-bond acceptors (Lipinski definition) is 6. The van der Waals surface area contributed by atoms with Crippen molar-refractivity contribution < 1.29 is 4.74 Å². The summed E-state index contributed by atoms with van der Waals surface area (Å²) in [6, 6.07) is 0.289. The molecule has 0 unspecified atom stereocenters. The lowest BCUT2D eigenvalue weighted by Gasteiger charge is -2.11. The molecule has 0 aliphatic heterocycles. The van der Waals surface area contributed by atoms with E-state index in [4.69, 9.17) is 4.74 Å². The maximum atomic E-state index is 5.61. The molecule has 0 aromatic carbocycles. The maximum absolute atomic E-state index is 5.61. The third-order valence-electron chi connectivity index (χ3n) is 2.57. The fraction of sp³-hybridized carbons (Fsp3) is 0.500. The molecular formula is C12H18N6O. The average molecular weight is 262 g/mol. The van der Waals surface area contributed by atoms with Gasteiger partial charge in [0.2, 0.25) is 5.88 Å². The van der Waals surface area contributed by atoms with E-state index in [2.05, 4.69) is 32.3 Å². The van der Waals surface area contributed by atoms with Gasteiger partial charge in [-0.3, -0.25) is 4.68 Å². The Morgan fingerprint density at radius 3 is 2.74 bits per heavy atom. The Kier molecular flexibility index (Phi) is 4.27. The molecule has 7 nitrogen and oxygen atoms in total. The molecule has 0 radical (unpaired) electrons. The first-order valence-electron chi connectivity index (χ1n) is 6.35. The van der Waals surface area contributed by atoms with Gasteiger partial charge in [-0.15, -0.1) is 5.10 Å². The van der Waals surface area contributed by atoms with Crippen LogP contribution in [0.2, 0.25) is 0 Å². The van der Waals surface area contributed by atoms with Crippen LogP contribution >= 0.6 is 0 Å². The van der Waals surface area contributed by atoms with Crippen LogP contribution in [0.1, 0.15) is 25.8 Å². The van der Waals surface area contributed by atoms with Gasteiger partial charge in [0, 0.05) is 13.6 Å². The molecular weight excluding hydrogens is 244 g/mol. The highest BCUT2D eigenvalue weighted by atomic mass is 16.5. The zero-order valence-corrected chi connectivity index (χ0v) is 11.4. The van der Waals surface area contributed by atoms with Gasteiger partial charge in [-0.2, -0.15) is 4.98 Å². The maximum Gasteiger partial charge on any atom is 0.342 e. The number of ether oxygens (including phenoxy) is 1. The van der Waals surface area contributed by atoms with Crippen LogP contribution < -0.4 is 10.1 Å². The normalized spacial score (nSPS) is 10.5. The second kappa shape index (κ2) is 6.12. The summed E-state index contributed by atoms with van der Waals surface area (Å²) in [5.41, 5.74) is 0.934. The molecule has 0 aliphatic rings. The standard InChI is InChI=1S/C12H18N6O/c1-4-6-13-10-9(5-2)11(15-7-14-10)19-12-16-8-18(3)17-12/h7-8H,4-6H2,1-3H3,(H,13,14,15). The number of rotatable bonds is 6. The largest absolute Gasteiger partial charge is 0.404 e. The number of aryl methyl sites for hydroxylation is 1. The summed E-state index contributed by atoms with van der Waals surface area (Å²) in [5, 5.41) is 7.34. The van der Waals surface area contributed by atoms with Crippen LogP contribution in [0, 0.1) is 0 Å². The van der Waals surface area contributed by atoms with E-state index in [1.165, 1.54) is 6.33 Å². The summed E-state index contributed by atoms with van der Waals surface area (Å²) in [4.78, 5) is 12.4. The summed E-state index contributed by atoms with van der Waals surface area (Å²) in [7, 11) is 1.79. The summed E-state index contributed by atoms with van der Waals surface area (Å²) >= 11 is 0. The van der Waals surface area contributed by atoms with E-state index in [9.17, 15) is 0 Å². The summed E-state index contributed by atoms with van der Waals surface area (Å²) < 4.78 is 7.19. The SMILES string of the molecule is CCCNc1ncnc(Oc2ncn(C)n2)c1CC. The minimum Gasteiger partial charge on any atom is -0.404 e. The highest BCUT2D eigenvalue weighted by molar-refractivity contribution is 5.49. The molecule has 0 saturated carbocycles. The van der Waals surface area contributed by atoms with Gasteiger partial charge >= 0.3 is 6.01 Å². The molecule has 102 valence electrons. The van der Waals surface area contributed by atoms with Crippen LogP contribution in [0.4, 0.5) is 5.82 Å². The minimum atomic E-state index is 0.289. The third kappa shape index (κ3) is 3.18. The van der Waals surface area contributed by atoms with Gasteiger partial charge in [-0.1, -0.05) is 13.8 Å². The van der Waals surface area contributed by atoms with E-state index in [0.29, 0.717) is 5.88 Å². The van der Waals surface area contributed by atoms with Crippen molar-refractivity contribution in [1.82, 2.24) is 24.7 Å². The highest BCUT2D eigenvalue weighted by Gasteiger charge is 2.13. The molecule has 0 bridgehead atoms. The number of nitrogens with one attached hydrogen (secondary N) is 1. The minimum absolute atomic E-state index is 0.289. The lowest BCUT2D eigenvalue weighted by Crippen LogP contribution is -2.07. The summed E-state index contributed by atoms with van der Waals surface area (Å²) in [5.74, 6) is 1.31. The number of anilines is 1. The molecule has 19 heavy (non-hydrogen) atoms. The third-order valence-corrected chi connectivity index (χ3v) is 2.57. The van der Waals surface area contributed by atoms with E-state index < -0.39 is 0 Å². The Labute approximate surface area is 112 Å². The predicted octanol–water partition coefficient (Wildman–Crippen LogP) is 1.78. The van der Waals surface area contributed by atoms with Crippen LogP contribution in [0.15, 0.2) is 12.7 Å². The van der Waals surface area contributed by atoms with Gasteiger partial charge < -0.3 is 10.1 Å². The van der Waals surface area contributed by atoms with Gasteiger partial charge in [0.25, 0.3) is 0 Å². The monoisotopic (exact) mass is 262 g/mol. The smallest absolute Gasteiger partial charge is 0.342 e. The molecule has 2 heterocycles. The van der Waals surface area contributed by atoms with Crippen molar-refractivity contribution in [2.24, 2.45) is 7.05 Å². The molecule has 2 rings (SSSR count). The Morgan fingerprint density at radius 1 is 1.26 bits per heavy atom. The molecule has 0 amide bonds. The Balaban J connectivity index is 2.24. The van der Waals surface area contributed by atoms with Crippen molar-refractivity contribution in [3.8, 4) is 11.9 Å². The molecule has 1 N–H and O–H groups in total. The second-order valence-corrected chi connectivity index (χ2v) is 4.09. The summed E-state index contributed by atoms with van der Waals surface area (Å²) in [6.07, 6.45) is 4.87. The van der Waals surface area contributed by atoms with Crippen LogP contribution in [0.5, 0.6) is 11.9 Å². The quantitative estimate of drug-likeness (QED) is 0.855. The van der Waals surface area contributed by atoms with Crippen LogP contribution in [0.3, 0.4) is 0 Å². The zero-order valence-electron chi connectivity index (χ0n) is 11.4. The Hall–Kier alpha value is -2.18. The first-order valence-corrected chi connectivity index (χ1v) is 6.35. The predicted molar refractivity (Wildman–Crippen MR) is 71.3 cm³/mol. The van der Waals surface area contributed by atoms with E-state index >= 15 is 0 Å². The topological polar surface area (TPSA) is 77.8 Å². The van der Waals surface area contributed by atoms with Gasteiger partial charge in [-0.05, 0) is 12.8 Å². The first kappa shape index (κ1) is 13.3. The first-order chi connectivity index (χ1) is 9.24. The molecule has 0 fully saturated rings. The zero-order chi connectivity index (χ0) is 13.7. The van der Waals surface area contributed by atoms with Crippen LogP contribution in [0.25, 0.3) is 0 Å². The van der Waals surface area contributed by atoms with Crippen molar-refractivity contribution in [2.75, 3.05) is 11.9 Å². The fourth-order valence-corrected chi connectivity index (χ4v) is 1.65. The summed E-state index contributed by atoms with van der Waals surface area (Å²) in [6.45, 7) is 5.01. The van der Waals surface area contributed by atoms with Crippen molar-refractivity contribution >= 4 is 5.82 Å². The average Bonchev–Trinajstić information content (AvgIpc) is 2.82. The van der Waals surface area contributed by atoms with E-state index in [1.807, 2.05) is 6.92 Å². The van der Waals surface area contributed by atoms with Gasteiger partial charge in [0.15, 0.2) is 0 Å². The molecule has 7 heteroatoms. The second-order valence-electron chi connectivity index (χ2n) is 4.09. The highest BCUT2D eigenvalue weighted by Crippen LogP contribution is 2.25. The molecule has 2 aromatic heterocycles. The van der Waals surface area contributed by atoms with Crippen LogP contribution in [-0.4, -0.2) is 31.3 Å². The molecule has 2 aromatic rings. The molecule has 0 saturated heterocycles. The van der Waals surface area contributed by atoms with E-state index in [1.54, 1.807) is 18.1 Å². The van der Waals surface area contributed by atoms with Crippen molar-refractivity contribution in [3.63, 3.8) is 0 Å². The van der Waals surface area contributed by atoms with Crippen molar-refractivity contribution in [3.05, 3.63) is 18.2 Å². The lowest BCUT2D eigenvalue weighted by molar-refractivity contribution is 0.416. The van der Waals surface area contributed by atoms with Crippen molar-refractivity contribution in [1.29, 1.82) is 0 Å². The van der Waals surface area contributed by atoms with E-state index in [0.717, 1.165) is 30.8 Å². The molecule has 0 aliphatic carbocycles. The molecule has 0 spiro atoms.